The molecule has 1 aliphatic rings. The Morgan fingerprint density at radius 2 is 1.78 bits per heavy atom. The number of benzene rings is 1. The normalized spacial score (nSPS) is 14.5. The molecule has 0 saturated carbocycles. The zero-order valence-corrected chi connectivity index (χ0v) is 19.3. The van der Waals surface area contributed by atoms with Gasteiger partial charge in [-0.3, -0.25) is 9.79 Å². The summed E-state index contributed by atoms with van der Waals surface area (Å²) in [6, 6.07) is 7.22. The van der Waals surface area contributed by atoms with Gasteiger partial charge in [0.05, 0.1) is 12.2 Å². The molecule has 1 aromatic heterocycles. The Kier molecular flexibility index (Phi) is 9.28. The van der Waals surface area contributed by atoms with Gasteiger partial charge in [-0.25, -0.2) is 9.97 Å². The Bertz CT molecular complexity index is 907. The molecule has 174 valence electrons. The molecule has 0 spiro atoms. The SMILES string of the molecule is I.NC(=NCCC(=O)N1CCN(c2ncccn2)CC1)Nc1ccccc1OC(F)(F)F. The van der Waals surface area contributed by atoms with Crippen molar-refractivity contribution in [3.63, 3.8) is 0 Å². The number of aromatic nitrogens is 2. The molecule has 1 aromatic carbocycles. The maximum Gasteiger partial charge on any atom is 0.573 e. The molecule has 1 fully saturated rings. The largest absolute Gasteiger partial charge is 0.573 e. The Hall–Kier alpha value is -2.84. The fourth-order valence-electron chi connectivity index (χ4n) is 3.00. The van der Waals surface area contributed by atoms with E-state index in [0.717, 1.165) is 6.07 Å². The average Bonchev–Trinajstić information content (AvgIpc) is 2.75. The van der Waals surface area contributed by atoms with Gasteiger partial charge in [-0.05, 0) is 18.2 Å². The third-order valence-electron chi connectivity index (χ3n) is 4.45. The first kappa shape index (κ1) is 25.4. The fraction of sp³-hybridized carbons (Fsp3) is 0.368. The summed E-state index contributed by atoms with van der Waals surface area (Å²) in [5.41, 5.74) is 5.76. The van der Waals surface area contributed by atoms with Crippen LogP contribution in [0, 0.1) is 0 Å². The number of nitrogens with zero attached hydrogens (tertiary/aromatic N) is 5. The summed E-state index contributed by atoms with van der Waals surface area (Å²) in [4.78, 5) is 28.6. The minimum Gasteiger partial charge on any atom is -0.404 e. The van der Waals surface area contributed by atoms with E-state index in [-0.39, 0.29) is 54.5 Å². The first-order valence-electron chi connectivity index (χ1n) is 9.53. The van der Waals surface area contributed by atoms with Crippen LogP contribution in [0.2, 0.25) is 0 Å². The second kappa shape index (κ2) is 11.7. The number of carbonyl (C=O) groups excluding carboxylic acids is 1. The molecule has 32 heavy (non-hydrogen) atoms. The number of para-hydroxylation sites is 2. The standard InChI is InChI=1S/C19H22F3N7O2.HI/c20-19(21,22)31-15-5-2-1-4-14(15)27-17(23)24-9-6-16(30)28-10-12-29(13-11-28)18-25-7-3-8-26-18;/h1-5,7-8H,6,9-13H2,(H3,23,24,27);1H. The van der Waals surface area contributed by atoms with Crippen LogP contribution in [0.5, 0.6) is 5.75 Å². The topological polar surface area (TPSA) is 109 Å². The highest BCUT2D eigenvalue weighted by Crippen LogP contribution is 2.29. The molecule has 1 saturated heterocycles. The average molecular weight is 565 g/mol. The highest BCUT2D eigenvalue weighted by atomic mass is 127. The highest BCUT2D eigenvalue weighted by molar-refractivity contribution is 14.0. The number of hydrogen-bond donors (Lipinski definition) is 2. The Morgan fingerprint density at radius 3 is 2.44 bits per heavy atom. The lowest BCUT2D eigenvalue weighted by atomic mass is 10.3. The van der Waals surface area contributed by atoms with Crippen molar-refractivity contribution in [3.8, 4) is 5.75 Å². The number of alkyl halides is 3. The quantitative estimate of drug-likeness (QED) is 0.315. The van der Waals surface area contributed by atoms with E-state index >= 15 is 0 Å². The summed E-state index contributed by atoms with van der Waals surface area (Å²) in [6.07, 6.45) is -1.36. The number of guanidine groups is 1. The van der Waals surface area contributed by atoms with Crippen LogP contribution in [-0.4, -0.2) is 65.8 Å². The van der Waals surface area contributed by atoms with Crippen molar-refractivity contribution in [2.45, 2.75) is 12.8 Å². The zero-order chi connectivity index (χ0) is 22.3. The number of rotatable bonds is 6. The van der Waals surface area contributed by atoms with Gasteiger partial charge in [0.15, 0.2) is 11.7 Å². The number of anilines is 2. The van der Waals surface area contributed by atoms with Crippen molar-refractivity contribution in [1.82, 2.24) is 14.9 Å². The smallest absolute Gasteiger partial charge is 0.404 e. The van der Waals surface area contributed by atoms with Crippen LogP contribution in [-0.2, 0) is 4.79 Å². The molecule has 0 unspecified atom stereocenters. The monoisotopic (exact) mass is 565 g/mol. The van der Waals surface area contributed by atoms with Crippen molar-refractivity contribution in [1.29, 1.82) is 0 Å². The van der Waals surface area contributed by atoms with E-state index in [9.17, 15) is 18.0 Å². The van der Waals surface area contributed by atoms with Gasteiger partial charge in [-0.1, -0.05) is 12.1 Å². The Balaban J connectivity index is 0.00000363. The number of aliphatic imine (C=N–C) groups is 1. The fourth-order valence-corrected chi connectivity index (χ4v) is 3.00. The van der Waals surface area contributed by atoms with E-state index < -0.39 is 12.1 Å². The van der Waals surface area contributed by atoms with Crippen molar-refractivity contribution in [2.75, 3.05) is 42.9 Å². The van der Waals surface area contributed by atoms with Crippen molar-refractivity contribution >= 4 is 47.5 Å². The number of nitrogens with two attached hydrogens (primary N) is 1. The molecule has 0 bridgehead atoms. The summed E-state index contributed by atoms with van der Waals surface area (Å²) in [5, 5.41) is 2.57. The molecular weight excluding hydrogens is 542 g/mol. The van der Waals surface area contributed by atoms with Crippen LogP contribution in [0.25, 0.3) is 0 Å². The number of hydrogen-bond acceptors (Lipinski definition) is 6. The van der Waals surface area contributed by atoms with Gasteiger partial charge in [0.2, 0.25) is 11.9 Å². The molecule has 2 aromatic rings. The number of carbonyl (C=O) groups is 1. The number of amides is 1. The first-order valence-corrected chi connectivity index (χ1v) is 9.53. The zero-order valence-electron chi connectivity index (χ0n) is 17.0. The van der Waals surface area contributed by atoms with Crippen LogP contribution in [0.15, 0.2) is 47.7 Å². The number of ether oxygens (including phenoxy) is 1. The van der Waals surface area contributed by atoms with Gasteiger partial charge >= 0.3 is 6.36 Å². The summed E-state index contributed by atoms with van der Waals surface area (Å²) < 4.78 is 41.4. The molecule has 2 heterocycles. The van der Waals surface area contributed by atoms with Crippen molar-refractivity contribution < 1.29 is 22.7 Å². The van der Waals surface area contributed by atoms with Crippen molar-refractivity contribution in [2.24, 2.45) is 10.7 Å². The van der Waals surface area contributed by atoms with E-state index in [2.05, 4.69) is 25.0 Å². The lowest BCUT2D eigenvalue weighted by molar-refractivity contribution is -0.274. The molecular formula is C19H23F3IN7O2. The Labute approximate surface area is 199 Å². The maximum absolute atomic E-state index is 12.5. The number of piperazine rings is 1. The van der Waals surface area contributed by atoms with Crippen LogP contribution in [0.1, 0.15) is 6.42 Å². The summed E-state index contributed by atoms with van der Waals surface area (Å²) in [7, 11) is 0. The molecule has 0 radical (unpaired) electrons. The highest BCUT2D eigenvalue weighted by Gasteiger charge is 2.32. The molecule has 13 heteroatoms. The lowest BCUT2D eigenvalue weighted by Crippen LogP contribution is -2.49. The predicted octanol–water partition coefficient (Wildman–Crippen LogP) is 2.46. The molecule has 0 aliphatic carbocycles. The molecule has 1 aliphatic heterocycles. The van der Waals surface area contributed by atoms with Crippen LogP contribution in [0.3, 0.4) is 0 Å². The number of nitrogens with one attached hydrogen (secondary N) is 1. The molecule has 0 atom stereocenters. The van der Waals surface area contributed by atoms with E-state index in [1.54, 1.807) is 23.4 Å². The first-order chi connectivity index (χ1) is 14.8. The van der Waals surface area contributed by atoms with Gasteiger partial charge in [0.25, 0.3) is 0 Å². The van der Waals surface area contributed by atoms with Crippen LogP contribution >= 0.6 is 24.0 Å². The van der Waals surface area contributed by atoms with Crippen LogP contribution < -0.4 is 20.7 Å². The van der Waals surface area contributed by atoms with Crippen LogP contribution in [0.4, 0.5) is 24.8 Å². The van der Waals surface area contributed by atoms with E-state index in [0.29, 0.717) is 32.1 Å². The second-order valence-corrected chi connectivity index (χ2v) is 6.60. The third-order valence-corrected chi connectivity index (χ3v) is 4.45. The predicted molar refractivity (Wildman–Crippen MR) is 124 cm³/mol. The minimum atomic E-state index is -4.83. The second-order valence-electron chi connectivity index (χ2n) is 6.60. The van der Waals surface area contributed by atoms with Gasteiger partial charge in [-0.15, -0.1) is 37.1 Å². The molecule has 3 N–H and O–H groups in total. The van der Waals surface area contributed by atoms with Gasteiger partial charge in [-0.2, -0.15) is 0 Å². The van der Waals surface area contributed by atoms with E-state index in [1.165, 1.54) is 18.2 Å². The Morgan fingerprint density at radius 1 is 1.12 bits per heavy atom. The maximum atomic E-state index is 12.5. The summed E-state index contributed by atoms with van der Waals surface area (Å²) >= 11 is 0. The van der Waals surface area contributed by atoms with Gasteiger partial charge in [0.1, 0.15) is 0 Å². The van der Waals surface area contributed by atoms with Gasteiger partial charge < -0.3 is 25.6 Å². The van der Waals surface area contributed by atoms with E-state index in [4.69, 9.17) is 5.73 Å². The molecule has 1 amide bonds. The summed E-state index contributed by atoms with van der Waals surface area (Å²) in [6.45, 7) is 2.42. The van der Waals surface area contributed by atoms with Crippen molar-refractivity contribution in [3.05, 3.63) is 42.7 Å². The molecule has 3 rings (SSSR count). The third kappa shape index (κ3) is 7.69. The summed E-state index contributed by atoms with van der Waals surface area (Å²) in [5.74, 6) is 0.0142. The van der Waals surface area contributed by atoms with E-state index in [1.807, 2.05) is 4.90 Å². The minimum absolute atomic E-state index is 0. The molecule has 9 nitrogen and oxygen atoms in total. The lowest BCUT2D eigenvalue weighted by Gasteiger charge is -2.34. The van der Waals surface area contributed by atoms with Gasteiger partial charge in [0, 0.05) is 45.0 Å². The number of halogens is 4.